The van der Waals surface area contributed by atoms with Crippen molar-refractivity contribution < 1.29 is 4.79 Å². The van der Waals surface area contributed by atoms with Crippen LogP contribution in [0.15, 0.2) is 6.07 Å². The molecule has 0 bridgehead atoms. The molecule has 0 aromatic carbocycles. The van der Waals surface area contributed by atoms with Crippen LogP contribution in [0.25, 0.3) is 0 Å². The summed E-state index contributed by atoms with van der Waals surface area (Å²) in [5.41, 5.74) is 0. The topological polar surface area (TPSA) is 78.9 Å². The van der Waals surface area contributed by atoms with Gasteiger partial charge in [-0.05, 0) is 26.2 Å². The van der Waals surface area contributed by atoms with Crippen LogP contribution < -0.4 is 16.0 Å². The molecule has 0 aliphatic heterocycles. The molecule has 1 aliphatic carbocycles. The Hall–Kier alpha value is -1.85. The van der Waals surface area contributed by atoms with Gasteiger partial charge in [0.05, 0.1) is 0 Å². The summed E-state index contributed by atoms with van der Waals surface area (Å²) in [5.74, 6) is 3.15. The molecule has 116 valence electrons. The lowest BCUT2D eigenvalue weighted by Crippen LogP contribution is -2.26. The van der Waals surface area contributed by atoms with Gasteiger partial charge in [-0.25, -0.2) is 9.97 Å². The molecule has 21 heavy (non-hydrogen) atoms. The van der Waals surface area contributed by atoms with E-state index in [1.54, 1.807) is 0 Å². The highest BCUT2D eigenvalue weighted by molar-refractivity contribution is 5.76. The van der Waals surface area contributed by atoms with Crippen molar-refractivity contribution in [1.29, 1.82) is 0 Å². The van der Waals surface area contributed by atoms with Gasteiger partial charge in [-0.1, -0.05) is 6.92 Å². The summed E-state index contributed by atoms with van der Waals surface area (Å²) in [6.07, 6.45) is 3.77. The third-order valence-electron chi connectivity index (χ3n) is 3.27. The number of amides is 1. The first kappa shape index (κ1) is 15.5. The maximum Gasteiger partial charge on any atom is 0.221 e. The van der Waals surface area contributed by atoms with Gasteiger partial charge in [-0.3, -0.25) is 4.79 Å². The number of rotatable bonds is 9. The number of hydrogen-bond donors (Lipinski definition) is 3. The van der Waals surface area contributed by atoms with Crippen LogP contribution in [0.4, 0.5) is 11.6 Å². The molecule has 2 rings (SSSR count). The smallest absolute Gasteiger partial charge is 0.221 e. The second-order valence-electron chi connectivity index (χ2n) is 5.33. The molecule has 0 spiro atoms. The van der Waals surface area contributed by atoms with E-state index in [0.29, 0.717) is 18.9 Å². The van der Waals surface area contributed by atoms with Gasteiger partial charge in [0.1, 0.15) is 17.5 Å². The van der Waals surface area contributed by atoms with Crippen molar-refractivity contribution in [3.05, 3.63) is 11.9 Å². The fourth-order valence-electron chi connectivity index (χ4n) is 2.01. The van der Waals surface area contributed by atoms with Gasteiger partial charge in [0.15, 0.2) is 0 Å². The minimum absolute atomic E-state index is 0.0766. The summed E-state index contributed by atoms with van der Waals surface area (Å²) in [7, 11) is 0. The molecular formula is C15H25N5O. The Labute approximate surface area is 126 Å². The number of carbonyl (C=O) groups is 1. The summed E-state index contributed by atoms with van der Waals surface area (Å²) in [4.78, 5) is 20.6. The molecule has 0 radical (unpaired) electrons. The van der Waals surface area contributed by atoms with Crippen LogP contribution in [-0.2, 0) is 4.79 Å². The Bertz CT molecular complexity index is 473. The molecule has 1 aromatic heterocycles. The zero-order chi connectivity index (χ0) is 15.1. The van der Waals surface area contributed by atoms with E-state index in [2.05, 4.69) is 25.9 Å². The van der Waals surface area contributed by atoms with Gasteiger partial charge >= 0.3 is 0 Å². The Balaban J connectivity index is 1.88. The van der Waals surface area contributed by atoms with Gasteiger partial charge in [-0.2, -0.15) is 0 Å². The molecule has 3 N–H and O–H groups in total. The van der Waals surface area contributed by atoms with Crippen molar-refractivity contribution in [2.75, 3.05) is 30.3 Å². The number of aromatic nitrogens is 2. The van der Waals surface area contributed by atoms with Crippen LogP contribution in [0.1, 0.15) is 51.3 Å². The van der Waals surface area contributed by atoms with Crippen LogP contribution in [0, 0.1) is 0 Å². The highest BCUT2D eigenvalue weighted by Crippen LogP contribution is 2.38. The zero-order valence-corrected chi connectivity index (χ0v) is 12.9. The van der Waals surface area contributed by atoms with Crippen LogP contribution in [0.3, 0.4) is 0 Å². The SMILES string of the molecule is CCCNC(=O)CCNc1cc(NCC)nc(C2CC2)n1. The molecule has 1 amide bonds. The summed E-state index contributed by atoms with van der Waals surface area (Å²) in [5, 5.41) is 9.32. The van der Waals surface area contributed by atoms with Crippen molar-refractivity contribution in [3.63, 3.8) is 0 Å². The van der Waals surface area contributed by atoms with Crippen molar-refractivity contribution >= 4 is 17.5 Å². The summed E-state index contributed by atoms with van der Waals surface area (Å²) < 4.78 is 0. The summed E-state index contributed by atoms with van der Waals surface area (Å²) >= 11 is 0. The molecule has 1 saturated carbocycles. The molecular weight excluding hydrogens is 266 g/mol. The number of anilines is 2. The monoisotopic (exact) mass is 291 g/mol. The Morgan fingerprint density at radius 2 is 1.90 bits per heavy atom. The summed E-state index contributed by atoms with van der Waals surface area (Å²) in [6.45, 7) is 6.25. The average Bonchev–Trinajstić information content (AvgIpc) is 3.30. The van der Waals surface area contributed by atoms with E-state index in [1.807, 2.05) is 19.9 Å². The van der Waals surface area contributed by atoms with Crippen LogP contribution in [0.2, 0.25) is 0 Å². The first-order valence-electron chi connectivity index (χ1n) is 7.86. The Morgan fingerprint density at radius 1 is 1.19 bits per heavy atom. The molecule has 6 heteroatoms. The van der Waals surface area contributed by atoms with E-state index in [9.17, 15) is 4.79 Å². The van der Waals surface area contributed by atoms with E-state index < -0.39 is 0 Å². The first-order chi connectivity index (χ1) is 10.2. The van der Waals surface area contributed by atoms with Crippen molar-refractivity contribution in [2.24, 2.45) is 0 Å². The van der Waals surface area contributed by atoms with Gasteiger partial charge in [0.2, 0.25) is 5.91 Å². The van der Waals surface area contributed by atoms with E-state index >= 15 is 0 Å². The van der Waals surface area contributed by atoms with Crippen molar-refractivity contribution in [2.45, 2.75) is 45.4 Å². The molecule has 1 aromatic rings. The largest absolute Gasteiger partial charge is 0.370 e. The standard InChI is InChI=1S/C15H25N5O/c1-3-8-18-14(21)7-9-17-13-10-12(16-4-2)19-15(20-13)11-5-6-11/h10-11H,3-9H2,1-2H3,(H,18,21)(H2,16,17,19,20). The second kappa shape index (κ2) is 7.81. The molecule has 0 atom stereocenters. The lowest BCUT2D eigenvalue weighted by molar-refractivity contribution is -0.120. The highest BCUT2D eigenvalue weighted by atomic mass is 16.1. The average molecular weight is 291 g/mol. The Kier molecular flexibility index (Phi) is 5.78. The van der Waals surface area contributed by atoms with Crippen LogP contribution in [-0.4, -0.2) is 35.5 Å². The fourth-order valence-corrected chi connectivity index (χ4v) is 2.01. The lowest BCUT2D eigenvalue weighted by atomic mass is 10.3. The fraction of sp³-hybridized carbons (Fsp3) is 0.667. The van der Waals surface area contributed by atoms with E-state index in [4.69, 9.17) is 0 Å². The van der Waals surface area contributed by atoms with E-state index in [-0.39, 0.29) is 5.91 Å². The second-order valence-corrected chi connectivity index (χ2v) is 5.33. The van der Waals surface area contributed by atoms with Gasteiger partial charge in [0.25, 0.3) is 0 Å². The Morgan fingerprint density at radius 3 is 2.52 bits per heavy atom. The lowest BCUT2D eigenvalue weighted by Gasteiger charge is -2.10. The molecule has 1 fully saturated rings. The minimum atomic E-state index is 0.0766. The third kappa shape index (κ3) is 5.21. The maximum absolute atomic E-state index is 11.6. The van der Waals surface area contributed by atoms with Crippen LogP contribution >= 0.6 is 0 Å². The minimum Gasteiger partial charge on any atom is -0.370 e. The van der Waals surface area contributed by atoms with Gasteiger partial charge in [-0.15, -0.1) is 0 Å². The van der Waals surface area contributed by atoms with Crippen molar-refractivity contribution in [1.82, 2.24) is 15.3 Å². The number of nitrogens with one attached hydrogen (secondary N) is 3. The molecule has 0 saturated heterocycles. The first-order valence-corrected chi connectivity index (χ1v) is 7.86. The quantitative estimate of drug-likeness (QED) is 0.649. The maximum atomic E-state index is 11.6. The van der Waals surface area contributed by atoms with Crippen LogP contribution in [0.5, 0.6) is 0 Å². The molecule has 1 heterocycles. The van der Waals surface area contributed by atoms with Gasteiger partial charge < -0.3 is 16.0 Å². The third-order valence-corrected chi connectivity index (χ3v) is 3.27. The van der Waals surface area contributed by atoms with Gasteiger partial charge in [0, 0.05) is 38.0 Å². The number of hydrogen-bond acceptors (Lipinski definition) is 5. The predicted octanol–water partition coefficient (Wildman–Crippen LogP) is 2.11. The molecule has 0 unspecified atom stereocenters. The predicted molar refractivity (Wildman–Crippen MR) is 84.6 cm³/mol. The summed E-state index contributed by atoms with van der Waals surface area (Å²) in [6, 6.07) is 1.90. The zero-order valence-electron chi connectivity index (χ0n) is 12.9. The molecule has 6 nitrogen and oxygen atoms in total. The molecule has 1 aliphatic rings. The van der Waals surface area contributed by atoms with Crippen molar-refractivity contribution in [3.8, 4) is 0 Å². The number of carbonyl (C=O) groups excluding carboxylic acids is 1. The van der Waals surface area contributed by atoms with E-state index in [1.165, 1.54) is 12.8 Å². The normalized spacial score (nSPS) is 13.8. The number of nitrogens with zero attached hydrogens (tertiary/aromatic N) is 2. The van der Waals surface area contributed by atoms with E-state index in [0.717, 1.165) is 37.0 Å². The highest BCUT2D eigenvalue weighted by Gasteiger charge is 2.27.